The average molecular weight is 174 g/mol. The minimum Gasteiger partial charge on any atom is -0.508 e. The fourth-order valence-electron chi connectivity index (χ4n) is 1.50. The SMILES string of the molecule is Cc1cccc2c(O)cc(O)cc12. The van der Waals surface area contributed by atoms with Gasteiger partial charge in [-0.15, -0.1) is 0 Å². The summed E-state index contributed by atoms with van der Waals surface area (Å²) in [5.41, 5.74) is 1.05. The molecular weight excluding hydrogens is 164 g/mol. The van der Waals surface area contributed by atoms with Gasteiger partial charge < -0.3 is 10.2 Å². The summed E-state index contributed by atoms with van der Waals surface area (Å²) < 4.78 is 0. The lowest BCUT2D eigenvalue weighted by Gasteiger charge is -2.04. The van der Waals surface area contributed by atoms with Gasteiger partial charge in [-0.2, -0.15) is 0 Å². The number of benzene rings is 2. The molecule has 0 aromatic heterocycles. The maximum Gasteiger partial charge on any atom is 0.127 e. The highest BCUT2D eigenvalue weighted by atomic mass is 16.3. The normalized spacial score (nSPS) is 10.5. The Kier molecular flexibility index (Phi) is 1.62. The van der Waals surface area contributed by atoms with Crippen LogP contribution in [0.5, 0.6) is 11.5 Å². The molecule has 2 aromatic carbocycles. The summed E-state index contributed by atoms with van der Waals surface area (Å²) in [7, 11) is 0. The lowest BCUT2D eigenvalue weighted by molar-refractivity contribution is 0.455. The van der Waals surface area contributed by atoms with E-state index < -0.39 is 0 Å². The van der Waals surface area contributed by atoms with Gasteiger partial charge in [0, 0.05) is 11.5 Å². The lowest BCUT2D eigenvalue weighted by Crippen LogP contribution is -1.78. The van der Waals surface area contributed by atoms with Gasteiger partial charge in [0.05, 0.1) is 0 Å². The van der Waals surface area contributed by atoms with E-state index in [1.807, 2.05) is 25.1 Å². The molecule has 2 aromatic rings. The zero-order valence-corrected chi connectivity index (χ0v) is 7.28. The lowest BCUT2D eigenvalue weighted by atomic mass is 10.0. The first-order chi connectivity index (χ1) is 6.18. The van der Waals surface area contributed by atoms with E-state index in [1.54, 1.807) is 6.07 Å². The third-order valence-electron chi connectivity index (χ3n) is 2.18. The van der Waals surface area contributed by atoms with Crippen LogP contribution in [0, 0.1) is 6.92 Å². The zero-order chi connectivity index (χ0) is 9.42. The molecule has 2 N–H and O–H groups in total. The third kappa shape index (κ3) is 1.20. The molecule has 2 nitrogen and oxygen atoms in total. The van der Waals surface area contributed by atoms with Crippen molar-refractivity contribution in [2.75, 3.05) is 0 Å². The molecule has 0 aliphatic heterocycles. The molecule has 0 atom stereocenters. The van der Waals surface area contributed by atoms with Crippen LogP contribution < -0.4 is 0 Å². The van der Waals surface area contributed by atoms with E-state index in [4.69, 9.17) is 0 Å². The number of phenolic OH excluding ortho intramolecular Hbond substituents is 2. The quantitative estimate of drug-likeness (QED) is 0.644. The Hall–Kier alpha value is -1.70. The number of aryl methyl sites for hydroxylation is 1. The average Bonchev–Trinajstić information content (AvgIpc) is 2.07. The van der Waals surface area contributed by atoms with Gasteiger partial charge in [0.25, 0.3) is 0 Å². The van der Waals surface area contributed by atoms with Gasteiger partial charge in [-0.1, -0.05) is 18.2 Å². The molecule has 2 heteroatoms. The van der Waals surface area contributed by atoms with Gasteiger partial charge in [-0.3, -0.25) is 0 Å². The second kappa shape index (κ2) is 2.66. The highest BCUT2D eigenvalue weighted by Gasteiger charge is 2.03. The van der Waals surface area contributed by atoms with E-state index in [1.165, 1.54) is 6.07 Å². The predicted molar refractivity (Wildman–Crippen MR) is 52.0 cm³/mol. The van der Waals surface area contributed by atoms with Crippen molar-refractivity contribution in [2.24, 2.45) is 0 Å². The summed E-state index contributed by atoms with van der Waals surface area (Å²) in [5, 5.41) is 20.5. The Morgan fingerprint density at radius 2 is 1.77 bits per heavy atom. The van der Waals surface area contributed by atoms with Crippen LogP contribution in [0.1, 0.15) is 5.56 Å². The first kappa shape index (κ1) is 7.92. The van der Waals surface area contributed by atoms with Crippen LogP contribution in [-0.2, 0) is 0 Å². The van der Waals surface area contributed by atoms with Crippen LogP contribution in [0.3, 0.4) is 0 Å². The van der Waals surface area contributed by atoms with Gasteiger partial charge in [-0.05, 0) is 23.9 Å². The number of hydrogen-bond acceptors (Lipinski definition) is 2. The molecule has 0 aliphatic carbocycles. The van der Waals surface area contributed by atoms with Crippen molar-refractivity contribution < 1.29 is 10.2 Å². The molecular formula is C11H10O2. The molecule has 0 unspecified atom stereocenters. The van der Waals surface area contributed by atoms with E-state index >= 15 is 0 Å². The van der Waals surface area contributed by atoms with E-state index in [0.717, 1.165) is 16.3 Å². The van der Waals surface area contributed by atoms with E-state index in [-0.39, 0.29) is 11.5 Å². The standard InChI is InChI=1S/C11H10O2/c1-7-3-2-4-9-10(7)5-8(12)6-11(9)13/h2-6,12-13H,1H3. The van der Waals surface area contributed by atoms with E-state index in [2.05, 4.69) is 0 Å². The molecule has 0 amide bonds. The minimum absolute atomic E-state index is 0.0966. The molecule has 0 saturated carbocycles. The van der Waals surface area contributed by atoms with Crippen molar-refractivity contribution >= 4 is 10.8 Å². The number of hydrogen-bond donors (Lipinski definition) is 2. The van der Waals surface area contributed by atoms with Crippen molar-refractivity contribution in [3.63, 3.8) is 0 Å². The molecule has 0 radical (unpaired) electrons. The molecule has 0 heterocycles. The number of phenols is 2. The first-order valence-electron chi connectivity index (χ1n) is 4.10. The van der Waals surface area contributed by atoms with Gasteiger partial charge in [0.15, 0.2) is 0 Å². The molecule has 66 valence electrons. The maximum absolute atomic E-state index is 9.52. The topological polar surface area (TPSA) is 40.5 Å². The van der Waals surface area contributed by atoms with Gasteiger partial charge in [0.2, 0.25) is 0 Å². The highest BCUT2D eigenvalue weighted by Crippen LogP contribution is 2.31. The van der Waals surface area contributed by atoms with Gasteiger partial charge >= 0.3 is 0 Å². The predicted octanol–water partition coefficient (Wildman–Crippen LogP) is 2.56. The Bertz CT molecular complexity index is 461. The van der Waals surface area contributed by atoms with Crippen molar-refractivity contribution in [1.82, 2.24) is 0 Å². The molecule has 13 heavy (non-hydrogen) atoms. The Balaban J connectivity index is 2.94. The smallest absolute Gasteiger partial charge is 0.127 e. The number of aromatic hydroxyl groups is 2. The molecule has 0 spiro atoms. The van der Waals surface area contributed by atoms with Gasteiger partial charge in [0.1, 0.15) is 11.5 Å². The molecule has 0 saturated heterocycles. The van der Waals surface area contributed by atoms with Crippen LogP contribution in [0.15, 0.2) is 30.3 Å². The molecule has 2 rings (SSSR count). The molecule has 0 aliphatic rings. The summed E-state index contributed by atoms with van der Waals surface area (Å²) in [6, 6.07) is 8.67. The Morgan fingerprint density at radius 3 is 2.54 bits per heavy atom. The summed E-state index contributed by atoms with van der Waals surface area (Å²) in [6.45, 7) is 1.95. The summed E-state index contributed by atoms with van der Waals surface area (Å²) in [4.78, 5) is 0. The van der Waals surface area contributed by atoms with Crippen LogP contribution >= 0.6 is 0 Å². The van der Waals surface area contributed by atoms with Crippen molar-refractivity contribution in [2.45, 2.75) is 6.92 Å². The van der Waals surface area contributed by atoms with Crippen LogP contribution in [-0.4, -0.2) is 10.2 Å². The molecule has 0 fully saturated rings. The van der Waals surface area contributed by atoms with Crippen molar-refractivity contribution in [3.8, 4) is 11.5 Å². The van der Waals surface area contributed by atoms with Crippen LogP contribution in [0.25, 0.3) is 10.8 Å². The largest absolute Gasteiger partial charge is 0.508 e. The van der Waals surface area contributed by atoms with Crippen molar-refractivity contribution in [1.29, 1.82) is 0 Å². The summed E-state index contributed by atoms with van der Waals surface area (Å²) >= 11 is 0. The number of fused-ring (bicyclic) bond motifs is 1. The van der Waals surface area contributed by atoms with E-state index in [9.17, 15) is 10.2 Å². The fraction of sp³-hybridized carbons (Fsp3) is 0.0909. The van der Waals surface area contributed by atoms with E-state index in [0.29, 0.717) is 0 Å². The third-order valence-corrected chi connectivity index (χ3v) is 2.18. The van der Waals surface area contributed by atoms with Crippen molar-refractivity contribution in [3.05, 3.63) is 35.9 Å². The zero-order valence-electron chi connectivity index (χ0n) is 7.28. The number of rotatable bonds is 0. The first-order valence-corrected chi connectivity index (χ1v) is 4.10. The second-order valence-electron chi connectivity index (χ2n) is 3.13. The monoisotopic (exact) mass is 174 g/mol. The maximum atomic E-state index is 9.52. The molecule has 0 bridgehead atoms. The van der Waals surface area contributed by atoms with Crippen LogP contribution in [0.2, 0.25) is 0 Å². The Morgan fingerprint density at radius 1 is 1.00 bits per heavy atom. The highest BCUT2D eigenvalue weighted by molar-refractivity contribution is 5.91. The van der Waals surface area contributed by atoms with Gasteiger partial charge in [-0.25, -0.2) is 0 Å². The fourth-order valence-corrected chi connectivity index (χ4v) is 1.50. The summed E-state index contributed by atoms with van der Waals surface area (Å²) in [5.74, 6) is 0.220. The second-order valence-corrected chi connectivity index (χ2v) is 3.13. The Labute approximate surface area is 76.1 Å². The minimum atomic E-state index is 0.0966. The summed E-state index contributed by atoms with van der Waals surface area (Å²) in [6.07, 6.45) is 0. The van der Waals surface area contributed by atoms with Crippen LogP contribution in [0.4, 0.5) is 0 Å².